The molecule has 1 aliphatic heterocycles. The lowest BCUT2D eigenvalue weighted by Gasteiger charge is -2.23. The molecule has 0 aromatic heterocycles. The molecule has 0 bridgehead atoms. The highest BCUT2D eigenvalue weighted by atomic mass is 16.5. The highest BCUT2D eigenvalue weighted by Gasteiger charge is 2.35. The van der Waals surface area contributed by atoms with E-state index in [0.29, 0.717) is 0 Å². The first-order chi connectivity index (χ1) is 16.1. The average Bonchev–Trinajstić information content (AvgIpc) is 3.07. The van der Waals surface area contributed by atoms with Crippen molar-refractivity contribution in [2.24, 2.45) is 0 Å². The van der Waals surface area contributed by atoms with E-state index < -0.39 is 0 Å². The van der Waals surface area contributed by atoms with Crippen molar-refractivity contribution in [1.29, 1.82) is 0 Å². The van der Waals surface area contributed by atoms with Crippen molar-refractivity contribution in [1.82, 2.24) is 0 Å². The summed E-state index contributed by atoms with van der Waals surface area (Å²) < 4.78 is 6.25. The number of ether oxygens (including phenoxy) is 1. The molecule has 1 N–H and O–H groups in total. The van der Waals surface area contributed by atoms with Gasteiger partial charge in [0.2, 0.25) is 0 Å². The highest BCUT2D eigenvalue weighted by Crippen LogP contribution is 2.50. The number of nitrogens with one attached hydrogen (secondary N) is 1. The zero-order valence-electron chi connectivity index (χ0n) is 18.6. The van der Waals surface area contributed by atoms with E-state index in [1.807, 2.05) is 12.1 Å². The topological polar surface area (TPSA) is 21.3 Å². The molecule has 0 spiro atoms. The summed E-state index contributed by atoms with van der Waals surface area (Å²) in [5.74, 6) is 1.83. The van der Waals surface area contributed by atoms with Crippen LogP contribution in [-0.4, -0.2) is 0 Å². The molecule has 33 heavy (non-hydrogen) atoms. The monoisotopic (exact) mass is 425 g/mol. The van der Waals surface area contributed by atoms with Gasteiger partial charge in [0.05, 0.1) is 0 Å². The van der Waals surface area contributed by atoms with Crippen LogP contribution in [0.1, 0.15) is 25.0 Å². The summed E-state index contributed by atoms with van der Waals surface area (Å²) in [6.45, 7) is 4.64. The molecule has 2 heteroatoms. The zero-order valence-corrected chi connectivity index (χ0v) is 18.6. The Bertz CT molecular complexity index is 1590. The lowest BCUT2D eigenvalue weighted by Crippen LogP contribution is -2.15. The maximum absolute atomic E-state index is 6.25. The molecule has 0 radical (unpaired) electrons. The SMILES string of the molecule is CC1(C)c2ccccc2-c2ccc(Nc3ccc4c5c(cccc35)Oc3ccccc3-4)cc21. The van der Waals surface area contributed by atoms with Gasteiger partial charge in [0.15, 0.2) is 0 Å². The number of anilines is 2. The largest absolute Gasteiger partial charge is 0.456 e. The Labute approximate surface area is 193 Å². The summed E-state index contributed by atoms with van der Waals surface area (Å²) in [4.78, 5) is 0. The number of benzene rings is 5. The van der Waals surface area contributed by atoms with Gasteiger partial charge in [0.1, 0.15) is 11.5 Å². The Morgan fingerprint density at radius 3 is 2.24 bits per heavy atom. The third-order valence-corrected chi connectivity index (χ3v) is 7.26. The standard InChI is InChI=1S/C31H23NO/c1-31(2)25-11-5-3-8-20(25)21-15-14-19(18-26(21)31)32-27-17-16-23-22-9-4-6-12-28(22)33-29-13-7-10-24(27)30(23)29/h3-18,32H,1-2H3. The third-order valence-electron chi connectivity index (χ3n) is 7.26. The van der Waals surface area contributed by atoms with E-state index in [4.69, 9.17) is 4.74 Å². The van der Waals surface area contributed by atoms with Crippen LogP contribution in [-0.2, 0) is 5.41 Å². The molecular formula is C31H23NO. The maximum Gasteiger partial charge on any atom is 0.135 e. The first kappa shape index (κ1) is 18.5. The quantitative estimate of drug-likeness (QED) is 0.300. The normalized spacial score (nSPS) is 14.2. The summed E-state index contributed by atoms with van der Waals surface area (Å²) in [6, 6.07) is 34.5. The molecule has 0 unspecified atom stereocenters. The zero-order chi connectivity index (χ0) is 22.2. The molecular weight excluding hydrogens is 402 g/mol. The van der Waals surface area contributed by atoms with E-state index in [2.05, 4.69) is 104 Å². The van der Waals surface area contributed by atoms with Gasteiger partial charge >= 0.3 is 0 Å². The van der Waals surface area contributed by atoms with Crippen molar-refractivity contribution in [3.05, 3.63) is 108 Å². The number of hydrogen-bond donors (Lipinski definition) is 1. The molecule has 1 aliphatic carbocycles. The molecule has 2 nitrogen and oxygen atoms in total. The van der Waals surface area contributed by atoms with Crippen molar-refractivity contribution in [3.63, 3.8) is 0 Å². The molecule has 0 amide bonds. The lowest BCUT2D eigenvalue weighted by atomic mass is 9.82. The Morgan fingerprint density at radius 2 is 1.33 bits per heavy atom. The predicted molar refractivity (Wildman–Crippen MR) is 137 cm³/mol. The van der Waals surface area contributed by atoms with Crippen LogP contribution in [0.15, 0.2) is 97.1 Å². The summed E-state index contributed by atoms with van der Waals surface area (Å²) in [7, 11) is 0. The second-order valence-corrected chi connectivity index (χ2v) is 9.49. The summed E-state index contributed by atoms with van der Waals surface area (Å²) >= 11 is 0. The summed E-state index contributed by atoms with van der Waals surface area (Å²) in [5.41, 5.74) is 10.00. The minimum absolute atomic E-state index is 0.0128. The highest BCUT2D eigenvalue weighted by molar-refractivity contribution is 6.09. The van der Waals surface area contributed by atoms with Crippen LogP contribution >= 0.6 is 0 Å². The van der Waals surface area contributed by atoms with E-state index in [0.717, 1.165) is 33.8 Å². The van der Waals surface area contributed by atoms with Gasteiger partial charge in [0.25, 0.3) is 0 Å². The molecule has 5 aromatic rings. The molecule has 1 heterocycles. The van der Waals surface area contributed by atoms with Crippen LogP contribution in [0.4, 0.5) is 11.4 Å². The Balaban J connectivity index is 1.35. The van der Waals surface area contributed by atoms with Crippen LogP contribution in [0.25, 0.3) is 33.0 Å². The minimum atomic E-state index is -0.0128. The van der Waals surface area contributed by atoms with Crippen molar-refractivity contribution in [2.75, 3.05) is 5.32 Å². The predicted octanol–water partition coefficient (Wildman–Crippen LogP) is 8.66. The van der Waals surface area contributed by atoms with E-state index in [1.165, 1.54) is 33.2 Å². The molecule has 0 saturated carbocycles. The number of para-hydroxylation sites is 1. The Hall–Kier alpha value is -4.04. The van der Waals surface area contributed by atoms with Crippen LogP contribution in [0, 0.1) is 0 Å². The van der Waals surface area contributed by atoms with E-state index >= 15 is 0 Å². The fraction of sp³-hybridized carbons (Fsp3) is 0.0968. The van der Waals surface area contributed by atoms with Gasteiger partial charge in [-0.25, -0.2) is 0 Å². The smallest absolute Gasteiger partial charge is 0.135 e. The van der Waals surface area contributed by atoms with E-state index in [-0.39, 0.29) is 5.41 Å². The van der Waals surface area contributed by atoms with E-state index in [1.54, 1.807) is 0 Å². The molecule has 0 atom stereocenters. The van der Waals surface area contributed by atoms with Gasteiger partial charge in [-0.2, -0.15) is 0 Å². The lowest BCUT2D eigenvalue weighted by molar-refractivity contribution is 0.487. The van der Waals surface area contributed by atoms with Gasteiger partial charge in [-0.3, -0.25) is 0 Å². The third kappa shape index (κ3) is 2.55. The molecule has 2 aliphatic rings. The summed E-state index contributed by atoms with van der Waals surface area (Å²) in [6.07, 6.45) is 0. The van der Waals surface area contributed by atoms with Crippen LogP contribution in [0.2, 0.25) is 0 Å². The second-order valence-electron chi connectivity index (χ2n) is 9.49. The first-order valence-corrected chi connectivity index (χ1v) is 11.5. The van der Waals surface area contributed by atoms with Crippen molar-refractivity contribution >= 4 is 22.1 Å². The van der Waals surface area contributed by atoms with Gasteiger partial charge in [0, 0.05) is 33.1 Å². The number of fused-ring (bicyclic) bond motifs is 5. The molecule has 0 fully saturated rings. The second kappa shape index (κ2) is 6.49. The molecule has 0 saturated heterocycles. The van der Waals surface area contributed by atoms with Crippen molar-refractivity contribution in [3.8, 4) is 33.8 Å². The fourth-order valence-electron chi connectivity index (χ4n) is 5.63. The minimum Gasteiger partial charge on any atom is -0.456 e. The Kier molecular flexibility index (Phi) is 3.64. The molecule has 7 rings (SSSR count). The van der Waals surface area contributed by atoms with Gasteiger partial charge in [-0.15, -0.1) is 0 Å². The Morgan fingerprint density at radius 1 is 0.606 bits per heavy atom. The van der Waals surface area contributed by atoms with Gasteiger partial charge in [-0.05, 0) is 58.1 Å². The maximum atomic E-state index is 6.25. The molecule has 5 aromatic carbocycles. The van der Waals surface area contributed by atoms with Crippen LogP contribution < -0.4 is 10.1 Å². The number of hydrogen-bond acceptors (Lipinski definition) is 2. The first-order valence-electron chi connectivity index (χ1n) is 11.5. The van der Waals surface area contributed by atoms with Gasteiger partial charge < -0.3 is 10.1 Å². The fourth-order valence-corrected chi connectivity index (χ4v) is 5.63. The number of rotatable bonds is 2. The summed E-state index contributed by atoms with van der Waals surface area (Å²) in [5, 5.41) is 6.04. The average molecular weight is 426 g/mol. The van der Waals surface area contributed by atoms with Crippen molar-refractivity contribution in [2.45, 2.75) is 19.3 Å². The van der Waals surface area contributed by atoms with E-state index in [9.17, 15) is 0 Å². The van der Waals surface area contributed by atoms with Gasteiger partial charge in [-0.1, -0.05) is 80.6 Å². The molecule has 158 valence electrons. The van der Waals surface area contributed by atoms with Crippen LogP contribution in [0.3, 0.4) is 0 Å². The van der Waals surface area contributed by atoms with Crippen LogP contribution in [0.5, 0.6) is 11.5 Å². The van der Waals surface area contributed by atoms with Crippen molar-refractivity contribution < 1.29 is 4.74 Å².